The van der Waals surface area contributed by atoms with Gasteiger partial charge >= 0.3 is 0 Å². The molecule has 2 heterocycles. The number of tetrazole rings is 1. The highest BCUT2D eigenvalue weighted by Crippen LogP contribution is 2.32. The zero-order valence-electron chi connectivity index (χ0n) is 23.2. The number of nitrogens with zero attached hydrogens (tertiary/aromatic N) is 6. The minimum Gasteiger partial charge on any atom is -0.327 e. The number of hydrogen-bond acceptors (Lipinski definition) is 6. The molecule has 1 N–H and O–H groups in total. The molecule has 1 atom stereocenters. The van der Waals surface area contributed by atoms with Crippen molar-refractivity contribution in [2.75, 3.05) is 0 Å². The van der Waals surface area contributed by atoms with Crippen LogP contribution in [0.15, 0.2) is 53.5 Å². The molecule has 0 bridgehead atoms. The lowest BCUT2D eigenvalue weighted by molar-refractivity contribution is -0.118. The van der Waals surface area contributed by atoms with Crippen molar-refractivity contribution in [2.24, 2.45) is 10.9 Å². The van der Waals surface area contributed by atoms with E-state index in [0.717, 1.165) is 70.7 Å². The van der Waals surface area contributed by atoms with Gasteiger partial charge in [-0.25, -0.2) is 15.1 Å². The zero-order chi connectivity index (χ0) is 28.8. The number of benzene rings is 2. The fourth-order valence-corrected chi connectivity index (χ4v) is 5.21. The smallest absolute Gasteiger partial charge is 0.246 e. The first-order chi connectivity index (χ1) is 19.9. The minimum atomic E-state index is -0.196. The predicted molar refractivity (Wildman–Crippen MR) is 160 cm³/mol. The van der Waals surface area contributed by atoms with E-state index in [9.17, 15) is 9.59 Å². The van der Waals surface area contributed by atoms with Gasteiger partial charge in [-0.15, -0.1) is 5.10 Å². The molecular weight excluding hydrogens is 538 g/mol. The topological polar surface area (TPSA) is 119 Å². The Kier molecular flexibility index (Phi) is 8.94. The molecule has 2 aromatic heterocycles. The number of aromatic amines is 1. The second-order valence-corrected chi connectivity index (χ2v) is 10.8. The monoisotopic (exact) mass is 569 g/mol. The third kappa shape index (κ3) is 6.74. The molecule has 210 valence electrons. The normalized spacial score (nSPS) is 14.3. The van der Waals surface area contributed by atoms with Crippen LogP contribution in [0.4, 0.5) is 0 Å². The lowest BCUT2D eigenvalue weighted by atomic mass is 9.98. The van der Waals surface area contributed by atoms with E-state index in [1.165, 1.54) is 0 Å². The van der Waals surface area contributed by atoms with E-state index in [2.05, 4.69) is 61.4 Å². The van der Waals surface area contributed by atoms with Gasteiger partial charge in [0.25, 0.3) is 0 Å². The van der Waals surface area contributed by atoms with Gasteiger partial charge in [-0.1, -0.05) is 62.2 Å². The molecule has 0 aliphatic heterocycles. The third-order valence-electron chi connectivity index (χ3n) is 7.20. The first-order valence-corrected chi connectivity index (χ1v) is 14.3. The van der Waals surface area contributed by atoms with Crippen molar-refractivity contribution in [1.29, 1.82) is 0 Å². The van der Waals surface area contributed by atoms with Crippen molar-refractivity contribution in [2.45, 2.75) is 58.9 Å². The van der Waals surface area contributed by atoms with Crippen LogP contribution < -0.4 is 0 Å². The fraction of sp³-hybridized carbons (Fsp3) is 0.323. The summed E-state index contributed by atoms with van der Waals surface area (Å²) in [5.41, 5.74) is 6.67. The lowest BCUT2D eigenvalue weighted by Crippen LogP contribution is -2.15. The van der Waals surface area contributed by atoms with Crippen molar-refractivity contribution in [3.63, 3.8) is 0 Å². The second-order valence-electron chi connectivity index (χ2n) is 10.4. The van der Waals surface area contributed by atoms with Crippen molar-refractivity contribution in [3.8, 4) is 22.5 Å². The summed E-state index contributed by atoms with van der Waals surface area (Å²) < 4.78 is 2.27. The molecule has 0 saturated heterocycles. The van der Waals surface area contributed by atoms with Crippen molar-refractivity contribution >= 4 is 35.6 Å². The van der Waals surface area contributed by atoms with Gasteiger partial charge in [0.1, 0.15) is 12.1 Å². The highest BCUT2D eigenvalue weighted by molar-refractivity contribution is 6.31. The average Bonchev–Trinajstić information content (AvgIpc) is 3.61. The number of fused-ring (bicyclic) bond motifs is 1. The van der Waals surface area contributed by atoms with Crippen LogP contribution in [0, 0.1) is 5.92 Å². The Morgan fingerprint density at radius 3 is 2.73 bits per heavy atom. The Hall–Kier alpha value is -4.24. The summed E-state index contributed by atoms with van der Waals surface area (Å²) in [5, 5.41) is 14.9. The number of imidazole rings is 1. The Balaban J connectivity index is 1.40. The molecule has 10 heteroatoms. The van der Waals surface area contributed by atoms with E-state index >= 15 is 0 Å². The van der Waals surface area contributed by atoms with Crippen molar-refractivity contribution in [1.82, 2.24) is 30.2 Å². The predicted octanol–water partition coefficient (Wildman–Crippen LogP) is 5.93. The minimum absolute atomic E-state index is 0.0157. The number of aryl methyl sites for hydroxylation is 1. The van der Waals surface area contributed by atoms with Crippen molar-refractivity contribution in [3.05, 3.63) is 76.3 Å². The molecular formula is C31H32ClN7O2. The van der Waals surface area contributed by atoms with E-state index in [4.69, 9.17) is 16.6 Å². The number of unbranched alkanes of at least 4 members (excludes halogenated alkanes) is 1. The van der Waals surface area contributed by atoms with Crippen LogP contribution in [0.1, 0.15) is 62.3 Å². The van der Waals surface area contributed by atoms with Crippen LogP contribution in [-0.2, 0) is 29.0 Å². The summed E-state index contributed by atoms with van der Waals surface area (Å²) in [7, 11) is 0. The number of H-pyrrole nitrogens is 1. The van der Waals surface area contributed by atoms with Gasteiger partial charge < -0.3 is 9.36 Å². The number of aldehydes is 1. The number of rotatable bonds is 11. The molecule has 41 heavy (non-hydrogen) atoms. The van der Waals surface area contributed by atoms with Gasteiger partial charge in [0, 0.05) is 42.8 Å². The fourth-order valence-electron chi connectivity index (χ4n) is 5.03. The number of allylic oxidation sites excluding steroid dienone is 1. The molecule has 9 nitrogen and oxygen atoms in total. The van der Waals surface area contributed by atoms with E-state index < -0.39 is 0 Å². The molecule has 0 fully saturated rings. The number of aliphatic imine (C=N–C) groups is 1. The molecule has 1 aliphatic rings. The first-order valence-electron chi connectivity index (χ1n) is 13.9. The van der Waals surface area contributed by atoms with E-state index in [1.807, 2.05) is 37.3 Å². The van der Waals surface area contributed by atoms with Gasteiger partial charge in [-0.2, -0.15) is 0 Å². The maximum Gasteiger partial charge on any atom is 0.246 e. The standard InChI is InChI=1S/C31H32ClN7O2/c1-3-4-5-29-34-27-13-11-24(33-30(41)16-20(2)14-15-40)18-28(27)39(29)19-21-6-8-22(9-7-21)25-12-10-23(32)17-26(25)31-35-37-38-36-31/h6-13,15,17,20H,3-5,14,16,18-19H2,1-2H3,(H,35,36,37,38). The lowest BCUT2D eigenvalue weighted by Gasteiger charge is -2.15. The van der Waals surface area contributed by atoms with Gasteiger partial charge in [0.15, 0.2) is 5.82 Å². The van der Waals surface area contributed by atoms with Crippen LogP contribution in [0.25, 0.3) is 28.6 Å². The molecule has 0 radical (unpaired) electrons. The maximum atomic E-state index is 12.5. The van der Waals surface area contributed by atoms with Crippen LogP contribution in [-0.4, -0.2) is 48.1 Å². The van der Waals surface area contributed by atoms with Crippen LogP contribution in [0.2, 0.25) is 5.02 Å². The molecule has 5 rings (SSSR count). The number of carbonyl (C=O) groups excluding carboxylic acids is 2. The summed E-state index contributed by atoms with van der Waals surface area (Å²) in [4.78, 5) is 32.6. The molecule has 0 saturated carbocycles. The number of hydrogen-bond donors (Lipinski definition) is 1. The highest BCUT2D eigenvalue weighted by atomic mass is 35.5. The Morgan fingerprint density at radius 2 is 2.00 bits per heavy atom. The summed E-state index contributed by atoms with van der Waals surface area (Å²) in [6, 6.07) is 14.1. The molecule has 0 spiro atoms. The molecule has 1 unspecified atom stereocenters. The summed E-state index contributed by atoms with van der Waals surface area (Å²) in [5.74, 6) is 1.38. The number of nitrogens with one attached hydrogen (secondary N) is 1. The summed E-state index contributed by atoms with van der Waals surface area (Å²) >= 11 is 6.27. The maximum absolute atomic E-state index is 12.5. The number of amides is 1. The van der Waals surface area contributed by atoms with Gasteiger partial charge in [-0.3, -0.25) is 4.79 Å². The van der Waals surface area contributed by atoms with Gasteiger partial charge in [0.2, 0.25) is 5.91 Å². The largest absolute Gasteiger partial charge is 0.327 e. The molecule has 1 amide bonds. The third-order valence-corrected chi connectivity index (χ3v) is 7.43. The van der Waals surface area contributed by atoms with E-state index in [1.54, 1.807) is 0 Å². The number of carbonyl (C=O) groups is 2. The summed E-state index contributed by atoms with van der Waals surface area (Å²) in [6.07, 6.45) is 8.85. The van der Waals surface area contributed by atoms with Crippen molar-refractivity contribution < 1.29 is 9.59 Å². The first kappa shape index (κ1) is 28.3. The van der Waals surface area contributed by atoms with E-state index in [-0.39, 0.29) is 18.2 Å². The van der Waals surface area contributed by atoms with Gasteiger partial charge in [-0.05, 0) is 63.7 Å². The van der Waals surface area contributed by atoms with Crippen LogP contribution in [0.5, 0.6) is 0 Å². The Morgan fingerprint density at radius 1 is 1.17 bits per heavy atom. The zero-order valence-corrected chi connectivity index (χ0v) is 23.9. The quantitative estimate of drug-likeness (QED) is 0.224. The number of halogens is 1. The SMILES string of the molecule is CCCCc1nc2c(n1Cc1ccc(-c3ccc(Cl)cc3-c3nnn[nH]3)cc1)CC(=NC(=O)CC(C)CC=O)C=C2. The molecule has 4 aromatic rings. The molecule has 2 aromatic carbocycles. The highest BCUT2D eigenvalue weighted by Gasteiger charge is 2.21. The summed E-state index contributed by atoms with van der Waals surface area (Å²) in [6.45, 7) is 4.72. The molecule has 1 aliphatic carbocycles. The second kappa shape index (κ2) is 13.0. The average molecular weight is 570 g/mol. The van der Waals surface area contributed by atoms with E-state index in [0.29, 0.717) is 30.2 Å². The van der Waals surface area contributed by atoms with Crippen LogP contribution in [0.3, 0.4) is 0 Å². The number of aromatic nitrogens is 6. The Labute approximate surface area is 243 Å². The Bertz CT molecular complexity index is 1590. The van der Waals surface area contributed by atoms with Crippen LogP contribution >= 0.6 is 11.6 Å². The van der Waals surface area contributed by atoms with Gasteiger partial charge in [0.05, 0.1) is 17.1 Å².